The molecule has 0 spiro atoms. The summed E-state index contributed by atoms with van der Waals surface area (Å²) in [7, 11) is -8.02. The van der Waals surface area contributed by atoms with Crippen molar-refractivity contribution in [2.45, 2.75) is 89.4 Å². The lowest BCUT2D eigenvalue weighted by Gasteiger charge is -2.15. The van der Waals surface area contributed by atoms with Crippen LogP contribution in [0.25, 0.3) is 10.8 Å². The van der Waals surface area contributed by atoms with Gasteiger partial charge in [-0.15, -0.1) is 0 Å². The van der Waals surface area contributed by atoms with E-state index in [0.717, 1.165) is 18.4 Å². The maximum Gasteiger partial charge on any atom is 0.341 e. The normalized spacial score (nSPS) is 12.1. The fourth-order valence-corrected chi connectivity index (χ4v) is 6.53. The van der Waals surface area contributed by atoms with E-state index in [1.54, 1.807) is 42.5 Å². The first-order valence-electron chi connectivity index (χ1n) is 13.8. The van der Waals surface area contributed by atoms with Crippen LogP contribution in [0.3, 0.4) is 0 Å². The number of fused-ring (bicyclic) bond motifs is 1. The van der Waals surface area contributed by atoms with Crippen molar-refractivity contribution in [3.63, 3.8) is 0 Å². The smallest absolute Gasteiger partial charge is 0.341 e. The summed E-state index contributed by atoms with van der Waals surface area (Å²) in [5.41, 5.74) is 1.11. The number of unbranched alkanes of at least 4 members (excludes halogenated alkanes) is 9. The summed E-state index contributed by atoms with van der Waals surface area (Å²) >= 11 is 0. The van der Waals surface area contributed by atoms with Crippen molar-refractivity contribution in [1.82, 2.24) is 0 Å². The first kappa shape index (κ1) is 30.0. The molecule has 0 fully saturated rings. The van der Waals surface area contributed by atoms with Crippen LogP contribution in [0.15, 0.2) is 65.6 Å². The molecule has 0 aromatic heterocycles. The Morgan fingerprint density at radius 3 is 1.92 bits per heavy atom. The summed E-state index contributed by atoms with van der Waals surface area (Å²) in [5, 5.41) is 1.06. The molecule has 3 aromatic carbocycles. The Morgan fingerprint density at radius 1 is 0.684 bits per heavy atom. The molecule has 8 heteroatoms. The Bertz CT molecular complexity index is 1370. The van der Waals surface area contributed by atoms with Crippen molar-refractivity contribution in [2.75, 3.05) is 10.5 Å². The van der Waals surface area contributed by atoms with Gasteiger partial charge >= 0.3 is 10.1 Å². The molecule has 0 aliphatic carbocycles. The molecule has 0 radical (unpaired) electrons. The Labute approximate surface area is 229 Å². The standard InChI is InChI=1S/C30H41NO5S2/c1-3-5-6-7-8-9-10-11-12-13-16-25-19-22-27(23-20-25)36-38(34,35)30-28-18-15-14-17-26(28)21-24-29(30)31-37(32,33)4-2/h14-15,17-24,31H,3-13,16H2,1-2H3. The number of benzene rings is 3. The van der Waals surface area contributed by atoms with E-state index in [9.17, 15) is 16.8 Å². The molecule has 0 amide bonds. The molecule has 0 unspecified atom stereocenters. The third-order valence-corrected chi connectivity index (χ3v) is 9.37. The van der Waals surface area contributed by atoms with Crippen LogP contribution in [-0.4, -0.2) is 22.6 Å². The van der Waals surface area contributed by atoms with Crippen LogP contribution in [0.2, 0.25) is 0 Å². The molecular formula is C30H41NO5S2. The summed E-state index contributed by atoms with van der Waals surface area (Å²) < 4.78 is 59.2. The average Bonchev–Trinajstić information content (AvgIpc) is 2.90. The van der Waals surface area contributed by atoms with E-state index in [1.165, 1.54) is 70.8 Å². The largest absolute Gasteiger partial charge is 0.379 e. The molecule has 0 saturated heterocycles. The molecule has 0 aliphatic rings. The SMILES string of the molecule is CCCCCCCCCCCCc1ccc(OS(=O)(=O)c2c(NS(=O)(=O)CC)ccc3ccccc23)cc1. The fourth-order valence-electron chi connectivity index (χ4n) is 4.53. The molecule has 38 heavy (non-hydrogen) atoms. The van der Waals surface area contributed by atoms with Gasteiger partial charge in [0, 0.05) is 5.39 Å². The molecular weight excluding hydrogens is 518 g/mol. The maximum absolute atomic E-state index is 13.4. The summed E-state index contributed by atoms with van der Waals surface area (Å²) in [6.45, 7) is 3.73. The molecule has 3 rings (SSSR count). The van der Waals surface area contributed by atoms with Crippen molar-refractivity contribution < 1.29 is 21.0 Å². The monoisotopic (exact) mass is 559 g/mol. The van der Waals surface area contributed by atoms with Gasteiger partial charge in [-0.25, -0.2) is 8.42 Å². The van der Waals surface area contributed by atoms with Crippen LogP contribution in [0, 0.1) is 0 Å². The topological polar surface area (TPSA) is 89.5 Å². The molecule has 0 bridgehead atoms. The zero-order valence-corrected chi connectivity index (χ0v) is 24.2. The zero-order chi connectivity index (χ0) is 27.4. The zero-order valence-electron chi connectivity index (χ0n) is 22.6. The Morgan fingerprint density at radius 2 is 1.29 bits per heavy atom. The molecule has 0 heterocycles. The molecule has 6 nitrogen and oxygen atoms in total. The second kappa shape index (κ2) is 14.5. The van der Waals surface area contributed by atoms with Gasteiger partial charge in [-0.1, -0.05) is 107 Å². The van der Waals surface area contributed by atoms with E-state index in [1.807, 2.05) is 12.1 Å². The summed E-state index contributed by atoms with van der Waals surface area (Å²) in [5.74, 6) is 0.00906. The quantitative estimate of drug-likeness (QED) is 0.134. The van der Waals surface area contributed by atoms with Crippen molar-refractivity contribution in [1.29, 1.82) is 0 Å². The number of hydrogen-bond acceptors (Lipinski definition) is 5. The van der Waals surface area contributed by atoms with Gasteiger partial charge in [0.2, 0.25) is 10.0 Å². The maximum atomic E-state index is 13.4. The van der Waals surface area contributed by atoms with E-state index in [2.05, 4.69) is 11.6 Å². The third kappa shape index (κ3) is 9.02. The van der Waals surface area contributed by atoms with Crippen LogP contribution in [0.5, 0.6) is 5.75 Å². The third-order valence-electron chi connectivity index (χ3n) is 6.72. The minimum atomic E-state index is -4.33. The highest BCUT2D eigenvalue weighted by Crippen LogP contribution is 2.33. The van der Waals surface area contributed by atoms with E-state index in [4.69, 9.17) is 4.18 Å². The summed E-state index contributed by atoms with van der Waals surface area (Å²) in [4.78, 5) is -0.193. The van der Waals surface area contributed by atoms with Gasteiger partial charge in [-0.2, -0.15) is 8.42 Å². The van der Waals surface area contributed by atoms with Crippen LogP contribution in [0.4, 0.5) is 5.69 Å². The predicted octanol–water partition coefficient (Wildman–Crippen LogP) is 7.83. The highest BCUT2D eigenvalue weighted by Gasteiger charge is 2.26. The second-order valence-electron chi connectivity index (χ2n) is 9.78. The molecule has 0 atom stereocenters. The van der Waals surface area contributed by atoms with Gasteiger partial charge in [-0.3, -0.25) is 4.72 Å². The van der Waals surface area contributed by atoms with E-state index >= 15 is 0 Å². The van der Waals surface area contributed by atoms with Gasteiger partial charge in [0.15, 0.2) is 0 Å². The second-order valence-corrected chi connectivity index (χ2v) is 13.3. The van der Waals surface area contributed by atoms with Crippen molar-refractivity contribution in [2.24, 2.45) is 0 Å². The number of sulfonamides is 1. The molecule has 1 N–H and O–H groups in total. The van der Waals surface area contributed by atoms with E-state index in [-0.39, 0.29) is 22.1 Å². The molecule has 208 valence electrons. The Balaban J connectivity index is 1.61. The number of nitrogens with one attached hydrogen (secondary N) is 1. The number of hydrogen-bond donors (Lipinski definition) is 1. The minimum Gasteiger partial charge on any atom is -0.379 e. The van der Waals surface area contributed by atoms with Gasteiger partial charge in [0.1, 0.15) is 10.6 Å². The van der Waals surface area contributed by atoms with Gasteiger partial charge in [-0.05, 0) is 48.9 Å². The molecule has 3 aromatic rings. The summed E-state index contributed by atoms with van der Waals surface area (Å²) in [6.07, 6.45) is 13.8. The number of aryl methyl sites for hydroxylation is 1. The lowest BCUT2D eigenvalue weighted by atomic mass is 10.0. The lowest BCUT2D eigenvalue weighted by molar-refractivity contribution is 0.487. The molecule has 0 saturated carbocycles. The first-order valence-corrected chi connectivity index (χ1v) is 16.9. The highest BCUT2D eigenvalue weighted by atomic mass is 32.2. The van der Waals surface area contributed by atoms with E-state index < -0.39 is 20.1 Å². The lowest BCUT2D eigenvalue weighted by Crippen LogP contribution is -2.19. The first-order chi connectivity index (χ1) is 18.3. The van der Waals surface area contributed by atoms with Gasteiger partial charge in [0.25, 0.3) is 0 Å². The molecule has 0 aliphatic heterocycles. The van der Waals surface area contributed by atoms with Gasteiger partial charge < -0.3 is 4.18 Å². The Kier molecular flexibility index (Phi) is 11.5. The van der Waals surface area contributed by atoms with Crippen molar-refractivity contribution in [3.05, 3.63) is 66.2 Å². The minimum absolute atomic E-state index is 0.0249. The van der Waals surface area contributed by atoms with Crippen LogP contribution >= 0.6 is 0 Å². The predicted molar refractivity (Wildman–Crippen MR) is 157 cm³/mol. The highest BCUT2D eigenvalue weighted by molar-refractivity contribution is 7.92. The Hall–Kier alpha value is -2.58. The van der Waals surface area contributed by atoms with E-state index in [0.29, 0.717) is 10.8 Å². The average molecular weight is 560 g/mol. The van der Waals surface area contributed by atoms with Crippen LogP contribution < -0.4 is 8.91 Å². The van der Waals surface area contributed by atoms with Gasteiger partial charge in [0.05, 0.1) is 11.4 Å². The van der Waals surface area contributed by atoms with Crippen LogP contribution in [-0.2, 0) is 26.6 Å². The number of anilines is 1. The van der Waals surface area contributed by atoms with Crippen molar-refractivity contribution in [3.8, 4) is 5.75 Å². The number of rotatable bonds is 17. The van der Waals surface area contributed by atoms with Crippen molar-refractivity contribution >= 4 is 36.6 Å². The summed E-state index contributed by atoms with van der Waals surface area (Å²) in [6, 6.07) is 17.2. The fraction of sp³-hybridized carbons (Fsp3) is 0.467. The van der Waals surface area contributed by atoms with Crippen LogP contribution in [0.1, 0.15) is 83.6 Å².